The van der Waals surface area contributed by atoms with Crippen molar-refractivity contribution in [1.82, 2.24) is 10.2 Å². The fourth-order valence-electron chi connectivity index (χ4n) is 6.59. The Morgan fingerprint density at radius 1 is 0.848 bits per heavy atom. The first-order chi connectivity index (χ1) is 21.5. The number of carbonyl (C=O) groups is 3. The Morgan fingerprint density at radius 3 is 1.98 bits per heavy atom. The highest BCUT2D eigenvalue weighted by Crippen LogP contribution is 2.42. The first kappa shape index (κ1) is 35.0. The molecule has 2 amide bonds. The van der Waals surface area contributed by atoms with Crippen LogP contribution in [0, 0.1) is 0 Å². The predicted molar refractivity (Wildman–Crippen MR) is 157 cm³/mol. The molecular formula is C31H48N2O13. The molecule has 0 aromatic heterocycles. The molecule has 5 aliphatic rings. The van der Waals surface area contributed by atoms with E-state index in [1.54, 1.807) is 60.6 Å². The number of rotatable bonds is 4. The summed E-state index contributed by atoms with van der Waals surface area (Å²) in [5, 5.41) is 2.95. The maximum Gasteiger partial charge on any atom is 0.410 e. The molecule has 5 heterocycles. The second-order valence-corrected chi connectivity index (χ2v) is 14.0. The van der Waals surface area contributed by atoms with E-state index >= 15 is 0 Å². The first-order valence-electron chi connectivity index (χ1n) is 15.7. The van der Waals surface area contributed by atoms with Crippen LogP contribution in [0.15, 0.2) is 12.2 Å². The van der Waals surface area contributed by atoms with Gasteiger partial charge in [0.25, 0.3) is 0 Å². The van der Waals surface area contributed by atoms with Gasteiger partial charge in [-0.1, -0.05) is 6.08 Å². The van der Waals surface area contributed by atoms with Gasteiger partial charge in [0.1, 0.15) is 48.8 Å². The molecule has 0 aliphatic carbocycles. The van der Waals surface area contributed by atoms with Gasteiger partial charge in [0, 0.05) is 27.2 Å². The number of methoxy groups -OCH3 is 2. The molecule has 0 bridgehead atoms. The minimum atomic E-state index is -0.910. The fraction of sp³-hybridized carbons (Fsp3) is 0.839. The average Bonchev–Trinajstić information content (AvgIpc) is 3.61. The lowest BCUT2D eigenvalue weighted by Crippen LogP contribution is -2.56. The van der Waals surface area contributed by atoms with Crippen LogP contribution < -0.4 is 5.32 Å². The van der Waals surface area contributed by atoms with Crippen molar-refractivity contribution in [2.75, 3.05) is 27.4 Å². The van der Waals surface area contributed by atoms with E-state index in [4.69, 9.17) is 47.4 Å². The maximum atomic E-state index is 14.0. The molecule has 0 aromatic carbocycles. The smallest absolute Gasteiger partial charge is 0.410 e. The van der Waals surface area contributed by atoms with E-state index in [9.17, 15) is 14.4 Å². The zero-order chi connectivity index (χ0) is 33.6. The van der Waals surface area contributed by atoms with E-state index in [2.05, 4.69) is 5.32 Å². The normalized spacial score (nSPS) is 40.2. The Kier molecular flexibility index (Phi) is 10.1. The Hall–Kier alpha value is -2.37. The van der Waals surface area contributed by atoms with E-state index in [0.717, 1.165) is 0 Å². The highest BCUT2D eigenvalue weighted by molar-refractivity contribution is 5.79. The van der Waals surface area contributed by atoms with Crippen LogP contribution in [-0.4, -0.2) is 129 Å². The highest BCUT2D eigenvalue weighted by atomic mass is 16.9. The molecule has 10 atom stereocenters. The zero-order valence-electron chi connectivity index (χ0n) is 28.0. The van der Waals surface area contributed by atoms with Crippen molar-refractivity contribution in [3.05, 3.63) is 12.2 Å². The van der Waals surface area contributed by atoms with Crippen molar-refractivity contribution in [2.24, 2.45) is 0 Å². The number of hydrogen-bond donors (Lipinski definition) is 1. The second kappa shape index (κ2) is 13.3. The van der Waals surface area contributed by atoms with Crippen LogP contribution in [-0.2, 0) is 57.0 Å². The van der Waals surface area contributed by atoms with Crippen molar-refractivity contribution in [3.8, 4) is 0 Å². The van der Waals surface area contributed by atoms with Crippen LogP contribution in [0.25, 0.3) is 0 Å². The van der Waals surface area contributed by atoms with Crippen LogP contribution in [0.4, 0.5) is 4.79 Å². The number of nitrogens with zero attached hydrogens (tertiary/aromatic N) is 1. The summed E-state index contributed by atoms with van der Waals surface area (Å²) in [6.07, 6.45) is -3.59. The molecule has 0 saturated carbocycles. The summed E-state index contributed by atoms with van der Waals surface area (Å²) in [5.74, 6) is -2.85. The lowest BCUT2D eigenvalue weighted by Gasteiger charge is -2.38. The highest BCUT2D eigenvalue weighted by Gasteiger charge is 2.59. The zero-order valence-corrected chi connectivity index (χ0v) is 28.0. The van der Waals surface area contributed by atoms with Crippen molar-refractivity contribution in [1.29, 1.82) is 0 Å². The summed E-state index contributed by atoms with van der Waals surface area (Å²) in [6.45, 7) is 12.3. The standard InChI is InChI=1S/C31H48N2O13/c1-29(2,3)46-28(36)33-12-10-11-13-39-19(35)14-16(20-22(37-8)24-26(40-20)44-30(4,5)42-24)32-18(34)15-17(33)21-23(38-9)25-27(41-21)45-31(6,7)43-25/h10-11,16-17,20-27H,12-15H2,1-9H3,(H,32,34)/b11-10+/t16-,17-,20-,21-,22-,23-,24+,25+,26+,27+/m0/s1. The number of amides is 2. The minimum Gasteiger partial charge on any atom is -0.461 e. The Morgan fingerprint density at radius 2 is 1.41 bits per heavy atom. The number of cyclic esters (lactones) is 1. The van der Waals surface area contributed by atoms with Crippen LogP contribution in [0.2, 0.25) is 0 Å². The number of fused-ring (bicyclic) bond motifs is 2. The summed E-state index contributed by atoms with van der Waals surface area (Å²) in [7, 11) is 3.01. The molecule has 1 N–H and O–H groups in total. The van der Waals surface area contributed by atoms with Gasteiger partial charge in [-0.3, -0.25) is 14.5 Å². The number of hydrogen-bond acceptors (Lipinski definition) is 13. The number of carbonyl (C=O) groups excluding carboxylic acids is 3. The molecule has 0 spiro atoms. The Balaban J connectivity index is 1.45. The van der Waals surface area contributed by atoms with E-state index in [1.165, 1.54) is 19.1 Å². The van der Waals surface area contributed by atoms with Gasteiger partial charge in [0.15, 0.2) is 24.2 Å². The number of esters is 1. The third-order valence-corrected chi connectivity index (χ3v) is 8.34. The maximum absolute atomic E-state index is 14.0. The Bertz CT molecular complexity index is 1170. The van der Waals surface area contributed by atoms with Gasteiger partial charge >= 0.3 is 12.1 Å². The van der Waals surface area contributed by atoms with Gasteiger partial charge in [0.2, 0.25) is 5.91 Å². The lowest BCUT2D eigenvalue weighted by atomic mass is 9.97. The third-order valence-electron chi connectivity index (χ3n) is 8.34. The van der Waals surface area contributed by atoms with Crippen LogP contribution in [0.1, 0.15) is 61.3 Å². The summed E-state index contributed by atoms with van der Waals surface area (Å²) < 4.78 is 59.3. The van der Waals surface area contributed by atoms with Crippen LogP contribution >= 0.6 is 0 Å². The molecule has 0 radical (unpaired) electrons. The minimum absolute atomic E-state index is 0.0258. The average molecular weight is 657 g/mol. The van der Waals surface area contributed by atoms with Gasteiger partial charge in [-0.15, -0.1) is 0 Å². The van der Waals surface area contributed by atoms with Crippen molar-refractivity contribution in [2.45, 2.75) is 140 Å². The molecule has 0 unspecified atom stereocenters. The van der Waals surface area contributed by atoms with Gasteiger partial charge in [-0.05, 0) is 54.5 Å². The van der Waals surface area contributed by atoms with Crippen molar-refractivity contribution < 1.29 is 61.8 Å². The first-order valence-corrected chi connectivity index (χ1v) is 15.7. The molecule has 5 rings (SSSR count). The SMILES string of the molecule is CO[C@H]1[C@H]([C@@H]2CC(=O)OC/C=C/CN(C(=O)OC(C)(C)C)[C@H]([C@@H]3O[C@@H]4OC(C)(C)O[C@@H]4[C@H]3OC)CC(=O)N2)O[C@@H]2OC(C)(C)O[C@@H]21. The van der Waals surface area contributed by atoms with Gasteiger partial charge < -0.3 is 52.7 Å². The summed E-state index contributed by atoms with van der Waals surface area (Å²) in [5.41, 5.74) is -0.828. The molecule has 46 heavy (non-hydrogen) atoms. The molecule has 4 saturated heterocycles. The summed E-state index contributed by atoms with van der Waals surface area (Å²) in [6, 6.07) is -1.79. The second-order valence-electron chi connectivity index (χ2n) is 14.0. The molecule has 15 nitrogen and oxygen atoms in total. The van der Waals surface area contributed by atoms with Gasteiger partial charge in [0.05, 0.1) is 18.5 Å². The largest absolute Gasteiger partial charge is 0.461 e. The summed E-state index contributed by atoms with van der Waals surface area (Å²) in [4.78, 5) is 42.1. The predicted octanol–water partition coefficient (Wildman–Crippen LogP) is 1.75. The molecular weight excluding hydrogens is 608 g/mol. The summed E-state index contributed by atoms with van der Waals surface area (Å²) >= 11 is 0. The molecule has 4 fully saturated rings. The van der Waals surface area contributed by atoms with E-state index in [-0.39, 0.29) is 26.0 Å². The molecule has 260 valence electrons. The molecule has 0 aromatic rings. The van der Waals surface area contributed by atoms with Crippen LogP contribution in [0.3, 0.4) is 0 Å². The van der Waals surface area contributed by atoms with Gasteiger partial charge in [-0.25, -0.2) is 4.79 Å². The van der Waals surface area contributed by atoms with Crippen LogP contribution in [0.5, 0.6) is 0 Å². The van der Waals surface area contributed by atoms with E-state index < -0.39 is 96.4 Å². The fourth-order valence-corrected chi connectivity index (χ4v) is 6.59. The van der Waals surface area contributed by atoms with E-state index in [0.29, 0.717) is 0 Å². The quantitative estimate of drug-likeness (QED) is 0.345. The van der Waals surface area contributed by atoms with Crippen molar-refractivity contribution >= 4 is 18.0 Å². The third kappa shape index (κ3) is 7.67. The van der Waals surface area contributed by atoms with Crippen molar-refractivity contribution in [3.63, 3.8) is 0 Å². The van der Waals surface area contributed by atoms with E-state index in [1.807, 2.05) is 0 Å². The van der Waals surface area contributed by atoms with Gasteiger partial charge in [-0.2, -0.15) is 0 Å². The topological polar surface area (TPSA) is 159 Å². The monoisotopic (exact) mass is 656 g/mol. The number of nitrogens with one attached hydrogen (secondary N) is 1. The Labute approximate surface area is 269 Å². The molecule has 5 aliphatic heterocycles. The molecule has 15 heteroatoms. The number of ether oxygens (including phenoxy) is 10. The lowest BCUT2D eigenvalue weighted by molar-refractivity contribution is -0.223.